The van der Waals surface area contributed by atoms with Crippen LogP contribution < -0.4 is 21.2 Å². The van der Waals surface area contributed by atoms with Crippen LogP contribution in [0.4, 0.5) is 0 Å². The van der Waals surface area contributed by atoms with Crippen molar-refractivity contribution in [3.63, 3.8) is 0 Å². The maximum absolute atomic E-state index is 1.76. The van der Waals surface area contributed by atoms with Crippen molar-refractivity contribution in [1.29, 1.82) is 0 Å². The third-order valence-corrected chi connectivity index (χ3v) is 20.7. The number of fused-ring (bicyclic) bond motifs is 2. The minimum atomic E-state index is -0.247. The number of hydrogen-bond donors (Lipinski definition) is 0. The fourth-order valence-electron chi connectivity index (χ4n) is 3.38. The van der Waals surface area contributed by atoms with Crippen molar-refractivity contribution < 1.29 is 21.2 Å². The predicted octanol–water partition coefficient (Wildman–Crippen LogP) is -0.960. The molecule has 0 aromatic rings. The molecule has 0 amide bonds. The molecule has 0 saturated carbocycles. The van der Waals surface area contributed by atoms with Gasteiger partial charge >= 0.3 is 86.3 Å². The van der Waals surface area contributed by atoms with Gasteiger partial charge in [-0.25, -0.2) is 0 Å². The third-order valence-electron chi connectivity index (χ3n) is 3.77. The number of hydrogen-bond acceptors (Lipinski definition) is 0. The molecule has 64 valence electrons. The van der Waals surface area contributed by atoms with Crippen molar-refractivity contribution in [2.45, 2.75) is 45.3 Å². The Kier molecular flexibility index (Phi) is 1.30. The molecule has 4 aliphatic rings. The minimum absolute atomic E-state index is 0.247. The summed E-state index contributed by atoms with van der Waals surface area (Å²) in [5.41, 5.74) is 0. The first-order valence-corrected chi connectivity index (χ1v) is 10.9. The maximum atomic E-state index is 1.76. The average Bonchev–Trinajstić information content (AvgIpc) is 2.41. The molecular formula is C9H13I2-. The topological polar surface area (TPSA) is 0 Å². The Hall–Kier alpha value is 1.46. The predicted molar refractivity (Wildman–Crippen MR) is 51.4 cm³/mol. The van der Waals surface area contributed by atoms with Crippen molar-refractivity contribution in [1.82, 2.24) is 0 Å². The van der Waals surface area contributed by atoms with Crippen molar-refractivity contribution in [2.75, 3.05) is 0 Å². The van der Waals surface area contributed by atoms with Gasteiger partial charge in [-0.15, -0.1) is 0 Å². The Labute approximate surface area is 85.5 Å². The fourth-order valence-corrected chi connectivity index (χ4v) is 26.3. The van der Waals surface area contributed by atoms with Crippen LogP contribution in [0.5, 0.6) is 0 Å². The van der Waals surface area contributed by atoms with Crippen molar-refractivity contribution >= 4 is 19.8 Å². The molecule has 5 atom stereocenters. The van der Waals surface area contributed by atoms with E-state index in [9.17, 15) is 0 Å². The van der Waals surface area contributed by atoms with E-state index in [0.29, 0.717) is 0 Å². The zero-order valence-electron chi connectivity index (χ0n) is 6.47. The van der Waals surface area contributed by atoms with Gasteiger partial charge in [0.05, 0.1) is 0 Å². The van der Waals surface area contributed by atoms with Gasteiger partial charge in [0.25, 0.3) is 0 Å². The molecule has 0 aromatic heterocycles. The molecule has 4 saturated heterocycles. The van der Waals surface area contributed by atoms with E-state index in [-0.39, 0.29) is 19.8 Å². The molecule has 4 rings (SSSR count). The second-order valence-corrected chi connectivity index (χ2v) is 15.3. The van der Waals surface area contributed by atoms with E-state index in [1.165, 1.54) is 19.6 Å². The second-order valence-electron chi connectivity index (χ2n) is 4.22. The van der Waals surface area contributed by atoms with Crippen LogP contribution in [0, 0.1) is 0 Å². The van der Waals surface area contributed by atoms with Gasteiger partial charge in [-0.3, -0.25) is 0 Å². The van der Waals surface area contributed by atoms with E-state index in [1.807, 2.05) is 0 Å². The summed E-state index contributed by atoms with van der Waals surface area (Å²) in [6.07, 6.45) is 6.92. The van der Waals surface area contributed by atoms with Crippen molar-refractivity contribution in [3.05, 3.63) is 0 Å². The standard InChI is InChI=1S/C9H13I2/c1-2-7-9-8-4-5(10-9)3-6(1)11(7)8/h5-9H,1-4H2/q-1. The number of rotatable bonds is 0. The van der Waals surface area contributed by atoms with Gasteiger partial charge in [0.15, 0.2) is 0 Å². The molecule has 4 aliphatic heterocycles. The number of alkyl halides is 5. The Bertz CT molecular complexity index is 203. The Morgan fingerprint density at radius 1 is 1.09 bits per heavy atom. The third kappa shape index (κ3) is 0.693. The fraction of sp³-hybridized carbons (Fsp3) is 1.00. The Morgan fingerprint density at radius 2 is 2.09 bits per heavy atom. The summed E-state index contributed by atoms with van der Waals surface area (Å²) in [6, 6.07) is 0. The van der Waals surface area contributed by atoms with Crippen molar-refractivity contribution in [2.24, 2.45) is 0 Å². The summed E-state index contributed by atoms with van der Waals surface area (Å²) in [4.78, 5) is 0. The summed E-state index contributed by atoms with van der Waals surface area (Å²) in [7, 11) is 0. The molecular weight excluding hydrogens is 362 g/mol. The molecule has 4 fully saturated rings. The molecule has 0 radical (unpaired) electrons. The first-order chi connectivity index (χ1) is 5.43. The summed E-state index contributed by atoms with van der Waals surface area (Å²) in [5.74, 6) is 0. The molecule has 0 aliphatic carbocycles. The van der Waals surface area contributed by atoms with E-state index in [0.717, 1.165) is 21.2 Å². The molecule has 5 unspecified atom stereocenters. The number of halogens is 2. The molecule has 0 N–H and O–H groups in total. The Balaban J connectivity index is 1.84. The zero-order valence-corrected chi connectivity index (χ0v) is 10.8. The van der Waals surface area contributed by atoms with Crippen LogP contribution in [0.1, 0.15) is 25.7 Å². The van der Waals surface area contributed by atoms with Crippen LogP contribution >= 0.6 is 19.8 Å². The summed E-state index contributed by atoms with van der Waals surface area (Å²) < 4.78 is 7.04. The van der Waals surface area contributed by atoms with Gasteiger partial charge < -0.3 is 0 Å². The van der Waals surface area contributed by atoms with Crippen LogP contribution in [0.3, 0.4) is 0 Å². The molecule has 0 nitrogen and oxygen atoms in total. The zero-order chi connectivity index (χ0) is 7.00. The van der Waals surface area contributed by atoms with Crippen LogP contribution in [0.15, 0.2) is 0 Å². The first kappa shape index (κ1) is 6.85. The van der Waals surface area contributed by atoms with E-state index >= 15 is 0 Å². The van der Waals surface area contributed by atoms with Gasteiger partial charge in [0, 0.05) is 0 Å². The molecule has 2 heteroatoms. The van der Waals surface area contributed by atoms with Gasteiger partial charge in [-0.05, 0) is 0 Å². The normalized spacial score (nSPS) is 67.3. The molecule has 0 aromatic carbocycles. The van der Waals surface area contributed by atoms with Gasteiger partial charge in [0.1, 0.15) is 0 Å². The summed E-state index contributed by atoms with van der Waals surface area (Å²) in [5, 5.41) is 0. The van der Waals surface area contributed by atoms with Crippen molar-refractivity contribution in [3.8, 4) is 0 Å². The van der Waals surface area contributed by atoms with E-state index < -0.39 is 0 Å². The quantitative estimate of drug-likeness (QED) is 0.378. The SMILES string of the molecule is C1CC2C3[I-]C4CC1I2C3C4. The van der Waals surface area contributed by atoms with Crippen LogP contribution in [0.2, 0.25) is 0 Å². The first-order valence-electron chi connectivity index (χ1n) is 4.71. The molecule has 4 heterocycles. The molecule has 11 heavy (non-hydrogen) atoms. The van der Waals surface area contributed by atoms with Crippen LogP contribution in [-0.4, -0.2) is 19.6 Å². The molecule has 0 spiro atoms. The summed E-state index contributed by atoms with van der Waals surface area (Å²) >= 11 is 0.478. The van der Waals surface area contributed by atoms with Gasteiger partial charge in [-0.1, -0.05) is 0 Å². The van der Waals surface area contributed by atoms with E-state index in [4.69, 9.17) is 0 Å². The summed E-state index contributed by atoms with van der Waals surface area (Å²) in [6.45, 7) is 0. The van der Waals surface area contributed by atoms with E-state index in [1.54, 1.807) is 25.7 Å². The van der Waals surface area contributed by atoms with Crippen LogP contribution in [0.25, 0.3) is 0 Å². The van der Waals surface area contributed by atoms with E-state index in [2.05, 4.69) is 0 Å². The Morgan fingerprint density at radius 3 is 3.09 bits per heavy atom. The monoisotopic (exact) mass is 375 g/mol. The molecule has 2 bridgehead atoms. The van der Waals surface area contributed by atoms with Gasteiger partial charge in [0.2, 0.25) is 0 Å². The van der Waals surface area contributed by atoms with Gasteiger partial charge in [-0.2, -0.15) is 0 Å². The van der Waals surface area contributed by atoms with Crippen LogP contribution in [-0.2, 0) is 0 Å². The average molecular weight is 375 g/mol. The second kappa shape index (κ2) is 2.10.